The summed E-state index contributed by atoms with van der Waals surface area (Å²) in [4.78, 5) is 12.6. The van der Waals surface area contributed by atoms with Gasteiger partial charge in [-0.15, -0.1) is 0 Å². The molecule has 0 amide bonds. The number of nitrogens with two attached hydrogens (primary N) is 1. The number of aliphatic carboxylic acids is 1. The number of carboxylic acids is 1. The largest absolute Gasteiger partial charge is 0.480 e. The molecule has 0 radical (unpaired) electrons. The van der Waals surface area contributed by atoms with Gasteiger partial charge in [0.15, 0.2) is 0 Å². The topological polar surface area (TPSA) is 75.8 Å². The van der Waals surface area contributed by atoms with Crippen LogP contribution in [0.3, 0.4) is 0 Å². The fraction of sp³-hybridized carbons (Fsp3) is 0.875. The molecule has 1 rings (SSSR count). The third-order valence-corrected chi connectivity index (χ3v) is 2.05. The van der Waals surface area contributed by atoms with Gasteiger partial charge in [-0.05, 0) is 6.92 Å². The lowest BCUT2D eigenvalue weighted by Crippen LogP contribution is -2.53. The van der Waals surface area contributed by atoms with Crippen LogP contribution in [-0.2, 0) is 9.53 Å². The van der Waals surface area contributed by atoms with E-state index in [1.54, 1.807) is 0 Å². The second kappa shape index (κ2) is 4.55. The number of ether oxygens (including phenoxy) is 1. The van der Waals surface area contributed by atoms with Crippen molar-refractivity contribution < 1.29 is 14.6 Å². The van der Waals surface area contributed by atoms with Crippen molar-refractivity contribution in [3.63, 3.8) is 0 Å². The van der Waals surface area contributed by atoms with E-state index < -0.39 is 12.0 Å². The third kappa shape index (κ3) is 2.95. The van der Waals surface area contributed by atoms with Gasteiger partial charge in [0.25, 0.3) is 0 Å². The number of carbonyl (C=O) groups is 1. The van der Waals surface area contributed by atoms with Crippen LogP contribution < -0.4 is 5.73 Å². The van der Waals surface area contributed by atoms with Gasteiger partial charge in [0.2, 0.25) is 0 Å². The lowest BCUT2D eigenvalue weighted by molar-refractivity contribution is -0.149. The molecule has 1 aliphatic rings. The zero-order valence-electron chi connectivity index (χ0n) is 7.77. The molecule has 0 aliphatic carbocycles. The average Bonchev–Trinajstić information content (AvgIpc) is 2.03. The molecule has 0 aromatic heterocycles. The van der Waals surface area contributed by atoms with Crippen molar-refractivity contribution in [2.75, 3.05) is 26.3 Å². The first-order valence-electron chi connectivity index (χ1n) is 4.41. The van der Waals surface area contributed by atoms with E-state index in [-0.39, 0.29) is 12.6 Å². The molecule has 1 aliphatic heterocycles. The number of morpholine rings is 1. The van der Waals surface area contributed by atoms with E-state index >= 15 is 0 Å². The molecule has 1 saturated heterocycles. The van der Waals surface area contributed by atoms with Crippen LogP contribution in [0.1, 0.15) is 6.92 Å². The van der Waals surface area contributed by atoms with Crippen LogP contribution >= 0.6 is 0 Å². The Hall–Kier alpha value is -0.650. The van der Waals surface area contributed by atoms with Crippen molar-refractivity contribution in [1.29, 1.82) is 0 Å². The maximum absolute atomic E-state index is 10.8. The molecule has 76 valence electrons. The summed E-state index contributed by atoms with van der Waals surface area (Å²) in [6.45, 7) is 3.99. The summed E-state index contributed by atoms with van der Waals surface area (Å²) < 4.78 is 5.09. The van der Waals surface area contributed by atoms with Gasteiger partial charge >= 0.3 is 5.97 Å². The SMILES string of the molecule is C[C@@H](N)CN1CCOC[C@H]1C(=O)O. The number of rotatable bonds is 3. The van der Waals surface area contributed by atoms with Gasteiger partial charge in [-0.25, -0.2) is 0 Å². The normalized spacial score (nSPS) is 27.1. The fourth-order valence-corrected chi connectivity index (χ4v) is 1.45. The molecule has 0 aromatic rings. The first-order chi connectivity index (χ1) is 6.11. The Balaban J connectivity index is 2.51. The predicted molar refractivity (Wildman–Crippen MR) is 47.5 cm³/mol. The van der Waals surface area contributed by atoms with E-state index in [0.29, 0.717) is 19.7 Å². The monoisotopic (exact) mass is 188 g/mol. The van der Waals surface area contributed by atoms with E-state index in [1.807, 2.05) is 11.8 Å². The highest BCUT2D eigenvalue weighted by atomic mass is 16.5. The van der Waals surface area contributed by atoms with Crippen LogP contribution in [0.15, 0.2) is 0 Å². The van der Waals surface area contributed by atoms with Gasteiger partial charge in [-0.2, -0.15) is 0 Å². The van der Waals surface area contributed by atoms with Gasteiger partial charge in [0.05, 0.1) is 13.2 Å². The number of carboxylic acid groups (broad SMARTS) is 1. The number of hydrogen-bond donors (Lipinski definition) is 2. The molecule has 0 spiro atoms. The molecule has 0 unspecified atom stereocenters. The van der Waals surface area contributed by atoms with E-state index in [0.717, 1.165) is 0 Å². The molecule has 1 heterocycles. The Morgan fingerprint density at radius 3 is 3.08 bits per heavy atom. The Kier molecular flexibility index (Phi) is 3.65. The number of nitrogens with zero attached hydrogens (tertiary/aromatic N) is 1. The smallest absolute Gasteiger partial charge is 0.323 e. The van der Waals surface area contributed by atoms with Crippen molar-refractivity contribution in [1.82, 2.24) is 4.90 Å². The molecular weight excluding hydrogens is 172 g/mol. The first kappa shape index (κ1) is 10.4. The van der Waals surface area contributed by atoms with Crippen LogP contribution in [-0.4, -0.2) is 54.4 Å². The van der Waals surface area contributed by atoms with E-state index in [1.165, 1.54) is 0 Å². The van der Waals surface area contributed by atoms with Crippen molar-refractivity contribution in [3.8, 4) is 0 Å². The average molecular weight is 188 g/mol. The predicted octanol–water partition coefficient (Wildman–Crippen LogP) is -0.881. The highest BCUT2D eigenvalue weighted by Gasteiger charge is 2.29. The van der Waals surface area contributed by atoms with E-state index in [2.05, 4.69) is 0 Å². The van der Waals surface area contributed by atoms with Crippen molar-refractivity contribution in [2.45, 2.75) is 19.0 Å². The Morgan fingerprint density at radius 1 is 1.85 bits per heavy atom. The number of hydrogen-bond acceptors (Lipinski definition) is 4. The van der Waals surface area contributed by atoms with Crippen LogP contribution in [0, 0.1) is 0 Å². The maximum Gasteiger partial charge on any atom is 0.323 e. The van der Waals surface area contributed by atoms with Crippen molar-refractivity contribution in [3.05, 3.63) is 0 Å². The first-order valence-corrected chi connectivity index (χ1v) is 4.41. The van der Waals surface area contributed by atoms with Crippen LogP contribution in [0.2, 0.25) is 0 Å². The van der Waals surface area contributed by atoms with Gasteiger partial charge < -0.3 is 15.6 Å². The Bertz CT molecular complexity index is 184. The standard InChI is InChI=1S/C8H16N2O3/c1-6(9)4-10-2-3-13-5-7(10)8(11)12/h6-7H,2-5,9H2,1H3,(H,11,12)/t6-,7+/m1/s1. The minimum atomic E-state index is -0.833. The van der Waals surface area contributed by atoms with E-state index in [4.69, 9.17) is 15.6 Å². The van der Waals surface area contributed by atoms with E-state index in [9.17, 15) is 4.79 Å². The molecule has 0 aromatic carbocycles. The zero-order chi connectivity index (χ0) is 9.84. The fourth-order valence-electron chi connectivity index (χ4n) is 1.45. The van der Waals surface area contributed by atoms with Gasteiger partial charge in [-0.3, -0.25) is 9.69 Å². The van der Waals surface area contributed by atoms with Crippen LogP contribution in [0.25, 0.3) is 0 Å². The molecule has 5 heteroatoms. The minimum Gasteiger partial charge on any atom is -0.480 e. The summed E-state index contributed by atoms with van der Waals surface area (Å²) in [5.74, 6) is -0.833. The molecule has 0 saturated carbocycles. The zero-order valence-corrected chi connectivity index (χ0v) is 7.77. The molecule has 13 heavy (non-hydrogen) atoms. The summed E-state index contributed by atoms with van der Waals surface area (Å²) in [7, 11) is 0. The summed E-state index contributed by atoms with van der Waals surface area (Å²) in [5, 5.41) is 8.86. The molecule has 1 fully saturated rings. The van der Waals surface area contributed by atoms with Crippen LogP contribution in [0.5, 0.6) is 0 Å². The van der Waals surface area contributed by atoms with Crippen molar-refractivity contribution in [2.24, 2.45) is 5.73 Å². The summed E-state index contributed by atoms with van der Waals surface area (Å²) in [5.41, 5.74) is 5.61. The summed E-state index contributed by atoms with van der Waals surface area (Å²) >= 11 is 0. The minimum absolute atomic E-state index is 0.0000463. The third-order valence-electron chi connectivity index (χ3n) is 2.05. The van der Waals surface area contributed by atoms with Gasteiger partial charge in [-0.1, -0.05) is 0 Å². The Labute approximate surface area is 77.5 Å². The second-order valence-corrected chi connectivity index (χ2v) is 3.40. The molecule has 3 N–H and O–H groups in total. The molecule has 2 atom stereocenters. The highest BCUT2D eigenvalue weighted by molar-refractivity contribution is 5.73. The van der Waals surface area contributed by atoms with Gasteiger partial charge in [0, 0.05) is 19.1 Å². The maximum atomic E-state index is 10.8. The van der Waals surface area contributed by atoms with Crippen LogP contribution in [0.4, 0.5) is 0 Å². The highest BCUT2D eigenvalue weighted by Crippen LogP contribution is 2.07. The lowest BCUT2D eigenvalue weighted by atomic mass is 10.2. The second-order valence-electron chi connectivity index (χ2n) is 3.40. The quantitative estimate of drug-likeness (QED) is 0.601. The van der Waals surface area contributed by atoms with Crippen molar-refractivity contribution >= 4 is 5.97 Å². The molecule has 5 nitrogen and oxygen atoms in total. The van der Waals surface area contributed by atoms with Gasteiger partial charge in [0.1, 0.15) is 6.04 Å². The summed E-state index contributed by atoms with van der Waals surface area (Å²) in [6, 6.07) is -0.528. The summed E-state index contributed by atoms with van der Waals surface area (Å²) in [6.07, 6.45) is 0. The Morgan fingerprint density at radius 2 is 2.54 bits per heavy atom. The molecular formula is C8H16N2O3. The molecule has 0 bridgehead atoms. The lowest BCUT2D eigenvalue weighted by Gasteiger charge is -2.33.